The van der Waals surface area contributed by atoms with Gasteiger partial charge < -0.3 is 5.73 Å². The van der Waals surface area contributed by atoms with E-state index in [0.717, 1.165) is 21.6 Å². The topological polar surface area (TPSA) is 26.0 Å². The van der Waals surface area contributed by atoms with Crippen LogP contribution >= 0.6 is 23.4 Å². The molecule has 1 saturated carbocycles. The van der Waals surface area contributed by atoms with Crippen LogP contribution in [0.25, 0.3) is 0 Å². The number of rotatable bonds is 4. The minimum atomic E-state index is 0.0654. The largest absolute Gasteiger partial charge is 0.323 e. The zero-order chi connectivity index (χ0) is 12.1. The van der Waals surface area contributed by atoms with Crippen molar-refractivity contribution in [2.75, 3.05) is 5.75 Å². The van der Waals surface area contributed by atoms with E-state index >= 15 is 0 Å². The van der Waals surface area contributed by atoms with Crippen molar-refractivity contribution >= 4 is 23.4 Å². The number of thioether (sulfide) groups is 1. The van der Waals surface area contributed by atoms with Crippen molar-refractivity contribution < 1.29 is 0 Å². The van der Waals surface area contributed by atoms with Crippen LogP contribution in [0.15, 0.2) is 24.3 Å². The van der Waals surface area contributed by atoms with E-state index in [9.17, 15) is 0 Å². The highest BCUT2D eigenvalue weighted by atomic mass is 35.5. The minimum absolute atomic E-state index is 0.0654. The Bertz CT molecular complexity index is 350. The molecule has 0 spiro atoms. The normalized spacial score (nSPS) is 19.2. The Hall–Kier alpha value is -0.180. The standard InChI is InChI=1S/C14H20ClNS/c15-13-9-5-4-8-12(13)14(16)10-17-11-6-2-1-3-7-11/h4-5,8-9,11,14H,1-3,6-7,10,16H2. The second-order valence-corrected chi connectivity index (χ2v) is 6.46. The van der Waals surface area contributed by atoms with Crippen LogP contribution in [-0.2, 0) is 0 Å². The summed E-state index contributed by atoms with van der Waals surface area (Å²) in [5.41, 5.74) is 7.29. The predicted octanol–water partition coefficient (Wildman–Crippen LogP) is 4.41. The van der Waals surface area contributed by atoms with Crippen molar-refractivity contribution in [3.05, 3.63) is 34.9 Å². The van der Waals surface area contributed by atoms with E-state index in [4.69, 9.17) is 17.3 Å². The van der Waals surface area contributed by atoms with Crippen LogP contribution in [-0.4, -0.2) is 11.0 Å². The highest BCUT2D eigenvalue weighted by Gasteiger charge is 2.16. The van der Waals surface area contributed by atoms with Crippen LogP contribution in [0.1, 0.15) is 43.7 Å². The second-order valence-electron chi connectivity index (χ2n) is 4.72. The number of nitrogens with two attached hydrogens (primary N) is 1. The molecule has 1 atom stereocenters. The van der Waals surface area contributed by atoms with Gasteiger partial charge in [0.2, 0.25) is 0 Å². The number of benzene rings is 1. The SMILES string of the molecule is NC(CSC1CCCCC1)c1ccccc1Cl. The number of halogens is 1. The van der Waals surface area contributed by atoms with E-state index in [1.165, 1.54) is 32.1 Å². The van der Waals surface area contributed by atoms with Gasteiger partial charge in [-0.1, -0.05) is 49.1 Å². The lowest BCUT2D eigenvalue weighted by molar-refractivity contribution is 0.515. The van der Waals surface area contributed by atoms with Gasteiger partial charge in [0.25, 0.3) is 0 Å². The first-order valence-corrected chi connectivity index (χ1v) is 7.81. The van der Waals surface area contributed by atoms with Gasteiger partial charge in [-0.15, -0.1) is 0 Å². The maximum absolute atomic E-state index is 6.21. The Labute approximate surface area is 113 Å². The molecule has 2 rings (SSSR count). The lowest BCUT2D eigenvalue weighted by Crippen LogP contribution is -2.17. The van der Waals surface area contributed by atoms with Crippen molar-refractivity contribution in [1.82, 2.24) is 0 Å². The van der Waals surface area contributed by atoms with Crippen molar-refractivity contribution in [3.63, 3.8) is 0 Å². The summed E-state index contributed by atoms with van der Waals surface area (Å²) in [5, 5.41) is 1.61. The molecule has 1 unspecified atom stereocenters. The Morgan fingerprint density at radius 3 is 2.65 bits per heavy atom. The zero-order valence-electron chi connectivity index (χ0n) is 10.1. The quantitative estimate of drug-likeness (QED) is 0.876. The molecule has 1 aromatic carbocycles. The van der Waals surface area contributed by atoms with Crippen molar-refractivity contribution in [3.8, 4) is 0 Å². The van der Waals surface area contributed by atoms with Crippen LogP contribution in [0.5, 0.6) is 0 Å². The fourth-order valence-corrected chi connectivity index (χ4v) is 3.94. The van der Waals surface area contributed by atoms with Crippen LogP contribution in [0.4, 0.5) is 0 Å². The molecule has 0 amide bonds. The summed E-state index contributed by atoms with van der Waals surface area (Å²) in [4.78, 5) is 0. The average molecular weight is 270 g/mol. The van der Waals surface area contributed by atoms with Crippen molar-refractivity contribution in [1.29, 1.82) is 0 Å². The lowest BCUT2D eigenvalue weighted by Gasteiger charge is -2.23. The first-order chi connectivity index (χ1) is 8.27. The van der Waals surface area contributed by atoms with E-state index in [0.29, 0.717) is 0 Å². The molecule has 3 heteroatoms. The zero-order valence-corrected chi connectivity index (χ0v) is 11.6. The Balaban J connectivity index is 1.84. The maximum Gasteiger partial charge on any atom is 0.0454 e. The van der Waals surface area contributed by atoms with Gasteiger partial charge in [-0.05, 0) is 24.5 Å². The highest BCUT2D eigenvalue weighted by molar-refractivity contribution is 7.99. The molecule has 0 saturated heterocycles. The van der Waals surface area contributed by atoms with Crippen LogP contribution in [0.2, 0.25) is 5.02 Å². The highest BCUT2D eigenvalue weighted by Crippen LogP contribution is 2.31. The molecule has 1 aliphatic carbocycles. The maximum atomic E-state index is 6.21. The first-order valence-electron chi connectivity index (χ1n) is 6.39. The fourth-order valence-electron chi connectivity index (χ4n) is 2.34. The monoisotopic (exact) mass is 269 g/mol. The molecule has 17 heavy (non-hydrogen) atoms. The Morgan fingerprint density at radius 1 is 1.24 bits per heavy atom. The molecule has 0 heterocycles. The molecule has 0 aliphatic heterocycles. The summed E-state index contributed by atoms with van der Waals surface area (Å²) in [6, 6.07) is 7.98. The first kappa shape index (κ1) is 13.3. The van der Waals surface area contributed by atoms with E-state index in [2.05, 4.69) is 0 Å². The third-order valence-electron chi connectivity index (χ3n) is 3.37. The summed E-state index contributed by atoms with van der Waals surface area (Å²) < 4.78 is 0. The van der Waals surface area contributed by atoms with Gasteiger partial charge >= 0.3 is 0 Å². The van der Waals surface area contributed by atoms with Gasteiger partial charge in [-0.3, -0.25) is 0 Å². The van der Waals surface area contributed by atoms with Gasteiger partial charge in [0, 0.05) is 22.1 Å². The van der Waals surface area contributed by atoms with E-state index in [-0.39, 0.29) is 6.04 Å². The average Bonchev–Trinajstić information content (AvgIpc) is 2.38. The summed E-state index contributed by atoms with van der Waals surface area (Å²) in [5.74, 6) is 0.981. The molecule has 0 radical (unpaired) electrons. The third kappa shape index (κ3) is 3.90. The lowest BCUT2D eigenvalue weighted by atomic mass is 10.0. The Morgan fingerprint density at radius 2 is 1.94 bits per heavy atom. The molecule has 94 valence electrons. The number of hydrogen-bond acceptors (Lipinski definition) is 2. The van der Waals surface area contributed by atoms with Gasteiger partial charge in [0.05, 0.1) is 0 Å². The molecule has 1 aliphatic rings. The molecule has 1 aromatic rings. The molecule has 1 nitrogen and oxygen atoms in total. The summed E-state index contributed by atoms with van der Waals surface area (Å²) in [6.07, 6.45) is 6.91. The summed E-state index contributed by atoms with van der Waals surface area (Å²) in [6.45, 7) is 0. The van der Waals surface area contributed by atoms with Gasteiger partial charge in [0.15, 0.2) is 0 Å². The summed E-state index contributed by atoms with van der Waals surface area (Å²) >= 11 is 8.18. The summed E-state index contributed by atoms with van der Waals surface area (Å²) in [7, 11) is 0. The molecule has 2 N–H and O–H groups in total. The second kappa shape index (κ2) is 6.67. The fraction of sp³-hybridized carbons (Fsp3) is 0.571. The predicted molar refractivity (Wildman–Crippen MR) is 77.7 cm³/mol. The molecule has 0 bridgehead atoms. The van der Waals surface area contributed by atoms with Crippen molar-refractivity contribution in [2.24, 2.45) is 5.73 Å². The van der Waals surface area contributed by atoms with Crippen LogP contribution in [0.3, 0.4) is 0 Å². The van der Waals surface area contributed by atoms with Crippen LogP contribution < -0.4 is 5.73 Å². The number of hydrogen-bond donors (Lipinski definition) is 1. The molecule has 1 fully saturated rings. The van der Waals surface area contributed by atoms with E-state index in [1.54, 1.807) is 0 Å². The minimum Gasteiger partial charge on any atom is -0.323 e. The third-order valence-corrected chi connectivity index (χ3v) is 5.21. The van der Waals surface area contributed by atoms with Gasteiger partial charge in [-0.2, -0.15) is 11.8 Å². The van der Waals surface area contributed by atoms with Gasteiger partial charge in [0.1, 0.15) is 0 Å². The van der Waals surface area contributed by atoms with Crippen LogP contribution in [0, 0.1) is 0 Å². The molecule has 0 aromatic heterocycles. The van der Waals surface area contributed by atoms with Crippen molar-refractivity contribution in [2.45, 2.75) is 43.4 Å². The molecular weight excluding hydrogens is 250 g/mol. The van der Waals surface area contributed by atoms with E-state index < -0.39 is 0 Å². The smallest absolute Gasteiger partial charge is 0.0454 e. The Kier molecular flexibility index (Phi) is 5.20. The van der Waals surface area contributed by atoms with E-state index in [1.807, 2.05) is 36.0 Å². The molecular formula is C14H20ClNS. The van der Waals surface area contributed by atoms with Gasteiger partial charge in [-0.25, -0.2) is 0 Å².